The van der Waals surface area contributed by atoms with Gasteiger partial charge in [0, 0.05) is 19.5 Å². The molecular formula is C14H26ClN3O2. The van der Waals surface area contributed by atoms with Gasteiger partial charge in [-0.3, -0.25) is 9.59 Å². The van der Waals surface area contributed by atoms with Crippen LogP contribution in [0.4, 0.5) is 0 Å². The normalized spacial score (nSPS) is 24.6. The van der Waals surface area contributed by atoms with Crippen LogP contribution in [0.1, 0.15) is 51.9 Å². The molecule has 6 heteroatoms. The van der Waals surface area contributed by atoms with Crippen molar-refractivity contribution in [3.63, 3.8) is 0 Å². The van der Waals surface area contributed by atoms with Crippen LogP contribution in [0.15, 0.2) is 0 Å². The van der Waals surface area contributed by atoms with Gasteiger partial charge in [0.2, 0.25) is 11.8 Å². The van der Waals surface area contributed by atoms with Gasteiger partial charge in [0.25, 0.3) is 0 Å². The summed E-state index contributed by atoms with van der Waals surface area (Å²) in [6.45, 7) is 3.19. The molecule has 3 N–H and O–H groups in total. The van der Waals surface area contributed by atoms with Crippen molar-refractivity contribution in [2.24, 2.45) is 0 Å². The Kier molecular flexibility index (Phi) is 6.76. The van der Waals surface area contributed by atoms with E-state index in [1.165, 1.54) is 13.3 Å². The molecule has 0 spiro atoms. The van der Waals surface area contributed by atoms with Gasteiger partial charge < -0.3 is 16.0 Å². The number of nitrogens with one attached hydrogen (secondary N) is 3. The molecule has 1 aliphatic carbocycles. The quantitative estimate of drug-likeness (QED) is 0.729. The maximum Gasteiger partial charge on any atom is 0.245 e. The number of hydrogen-bond acceptors (Lipinski definition) is 3. The Morgan fingerprint density at radius 1 is 1.20 bits per heavy atom. The molecule has 1 aliphatic heterocycles. The second-order valence-electron chi connectivity index (χ2n) is 5.83. The lowest BCUT2D eigenvalue weighted by molar-refractivity contribution is -0.134. The molecule has 116 valence electrons. The fraction of sp³-hybridized carbons (Fsp3) is 0.857. The van der Waals surface area contributed by atoms with Crippen LogP contribution in [-0.2, 0) is 9.59 Å². The third-order valence-corrected chi connectivity index (χ3v) is 4.23. The van der Waals surface area contributed by atoms with Gasteiger partial charge in [0.15, 0.2) is 0 Å². The Morgan fingerprint density at radius 3 is 2.45 bits per heavy atom. The second kappa shape index (κ2) is 7.84. The summed E-state index contributed by atoms with van der Waals surface area (Å²) in [5, 5.41) is 9.29. The molecule has 2 amide bonds. The van der Waals surface area contributed by atoms with E-state index in [1.807, 2.05) is 0 Å². The Balaban J connectivity index is 0.00000200. The van der Waals surface area contributed by atoms with Crippen molar-refractivity contribution >= 4 is 24.2 Å². The van der Waals surface area contributed by atoms with Gasteiger partial charge in [-0.05, 0) is 32.2 Å². The van der Waals surface area contributed by atoms with Crippen LogP contribution in [0.25, 0.3) is 0 Å². The molecule has 0 radical (unpaired) electrons. The van der Waals surface area contributed by atoms with Gasteiger partial charge in [-0.25, -0.2) is 0 Å². The minimum absolute atomic E-state index is 0. The third-order valence-electron chi connectivity index (χ3n) is 4.23. The lowest BCUT2D eigenvalue weighted by Gasteiger charge is -2.36. The zero-order valence-corrected chi connectivity index (χ0v) is 13.0. The van der Waals surface area contributed by atoms with Gasteiger partial charge in [-0.1, -0.05) is 19.3 Å². The molecule has 20 heavy (non-hydrogen) atoms. The molecule has 1 unspecified atom stereocenters. The number of carbonyl (C=O) groups excluding carboxylic acids is 2. The summed E-state index contributed by atoms with van der Waals surface area (Å²) in [4.78, 5) is 23.8. The van der Waals surface area contributed by atoms with Gasteiger partial charge in [0.05, 0.1) is 0 Å². The van der Waals surface area contributed by atoms with Crippen molar-refractivity contribution in [1.82, 2.24) is 16.0 Å². The standard InChI is InChI=1S/C14H25N3O2.ClH/c1-11(18)17-14(7-3-2-4-8-14)13(19)16-10-12-6-5-9-15-12;/h12,15H,2-10H2,1H3,(H,16,19)(H,17,18);1H. The minimum atomic E-state index is -0.664. The fourth-order valence-corrected chi connectivity index (χ4v) is 3.22. The van der Waals surface area contributed by atoms with Gasteiger partial charge in [0.1, 0.15) is 5.54 Å². The number of amides is 2. The highest BCUT2D eigenvalue weighted by Crippen LogP contribution is 2.28. The van der Waals surface area contributed by atoms with Crippen LogP contribution in [0, 0.1) is 0 Å². The van der Waals surface area contributed by atoms with Gasteiger partial charge in [-0.2, -0.15) is 0 Å². The average Bonchev–Trinajstić information content (AvgIpc) is 2.89. The van der Waals surface area contributed by atoms with Gasteiger partial charge in [-0.15, -0.1) is 12.4 Å². The number of carbonyl (C=O) groups is 2. The predicted molar refractivity (Wildman–Crippen MR) is 80.9 cm³/mol. The number of rotatable bonds is 4. The molecule has 2 rings (SSSR count). The lowest BCUT2D eigenvalue weighted by atomic mass is 9.80. The SMILES string of the molecule is CC(=O)NC1(C(=O)NCC2CCCN2)CCCCC1.Cl. The number of halogens is 1. The topological polar surface area (TPSA) is 70.2 Å². The summed E-state index contributed by atoms with van der Waals surface area (Å²) in [6, 6.07) is 0.391. The molecule has 0 aromatic carbocycles. The Bertz CT molecular complexity index is 337. The van der Waals surface area contributed by atoms with E-state index in [2.05, 4.69) is 16.0 Å². The van der Waals surface area contributed by atoms with Crippen molar-refractivity contribution in [3.05, 3.63) is 0 Å². The van der Waals surface area contributed by atoms with E-state index in [0.29, 0.717) is 12.6 Å². The predicted octanol–water partition coefficient (Wildman–Crippen LogP) is 1.12. The molecule has 0 aromatic rings. The summed E-state index contributed by atoms with van der Waals surface area (Å²) in [5.74, 6) is -0.118. The monoisotopic (exact) mass is 303 g/mol. The van der Waals surface area contributed by atoms with Crippen LogP contribution in [0.2, 0.25) is 0 Å². The van der Waals surface area contributed by atoms with Crippen molar-refractivity contribution < 1.29 is 9.59 Å². The fourth-order valence-electron chi connectivity index (χ4n) is 3.22. The molecule has 1 saturated heterocycles. The highest BCUT2D eigenvalue weighted by atomic mass is 35.5. The molecule has 1 atom stereocenters. The largest absolute Gasteiger partial charge is 0.353 e. The first kappa shape index (κ1) is 17.2. The van der Waals surface area contributed by atoms with Crippen LogP contribution in [-0.4, -0.2) is 36.5 Å². The molecule has 1 saturated carbocycles. The Morgan fingerprint density at radius 2 is 1.90 bits per heavy atom. The van der Waals surface area contributed by atoms with Crippen LogP contribution >= 0.6 is 12.4 Å². The highest BCUT2D eigenvalue weighted by Gasteiger charge is 2.40. The average molecular weight is 304 g/mol. The second-order valence-corrected chi connectivity index (χ2v) is 5.83. The van der Waals surface area contributed by atoms with Crippen LogP contribution in [0.5, 0.6) is 0 Å². The molecule has 0 bridgehead atoms. The zero-order valence-electron chi connectivity index (χ0n) is 12.2. The molecule has 2 fully saturated rings. The van der Waals surface area contributed by atoms with E-state index < -0.39 is 5.54 Å². The highest BCUT2D eigenvalue weighted by molar-refractivity contribution is 5.91. The van der Waals surface area contributed by atoms with E-state index in [0.717, 1.165) is 45.1 Å². The molecule has 5 nitrogen and oxygen atoms in total. The van der Waals surface area contributed by atoms with Crippen molar-refractivity contribution in [3.8, 4) is 0 Å². The summed E-state index contributed by atoms with van der Waals surface area (Å²) in [7, 11) is 0. The third kappa shape index (κ3) is 4.35. The van der Waals surface area contributed by atoms with Crippen LogP contribution in [0.3, 0.4) is 0 Å². The minimum Gasteiger partial charge on any atom is -0.353 e. The van der Waals surface area contributed by atoms with E-state index in [-0.39, 0.29) is 24.2 Å². The lowest BCUT2D eigenvalue weighted by Crippen LogP contribution is -2.60. The molecule has 1 heterocycles. The maximum atomic E-state index is 12.5. The van der Waals surface area contributed by atoms with Gasteiger partial charge >= 0.3 is 0 Å². The van der Waals surface area contributed by atoms with E-state index in [9.17, 15) is 9.59 Å². The molecular weight excluding hydrogens is 278 g/mol. The van der Waals surface area contributed by atoms with Crippen molar-refractivity contribution in [2.45, 2.75) is 63.5 Å². The summed E-state index contributed by atoms with van der Waals surface area (Å²) < 4.78 is 0. The zero-order chi connectivity index (χ0) is 13.7. The molecule has 2 aliphatic rings. The first-order chi connectivity index (χ1) is 9.12. The smallest absolute Gasteiger partial charge is 0.245 e. The first-order valence-electron chi connectivity index (χ1n) is 7.43. The van der Waals surface area contributed by atoms with E-state index in [4.69, 9.17) is 0 Å². The van der Waals surface area contributed by atoms with E-state index >= 15 is 0 Å². The first-order valence-corrected chi connectivity index (χ1v) is 7.43. The summed E-state index contributed by atoms with van der Waals surface area (Å²) in [5.41, 5.74) is -0.664. The summed E-state index contributed by atoms with van der Waals surface area (Å²) >= 11 is 0. The maximum absolute atomic E-state index is 12.5. The number of hydrogen-bond donors (Lipinski definition) is 3. The summed E-state index contributed by atoms with van der Waals surface area (Å²) in [6.07, 6.45) is 6.99. The van der Waals surface area contributed by atoms with Crippen molar-refractivity contribution in [1.29, 1.82) is 0 Å². The van der Waals surface area contributed by atoms with Crippen molar-refractivity contribution in [2.75, 3.05) is 13.1 Å². The Hall–Kier alpha value is -0.810. The van der Waals surface area contributed by atoms with E-state index in [1.54, 1.807) is 0 Å². The Labute approximate surface area is 127 Å². The van der Waals surface area contributed by atoms with Crippen LogP contribution < -0.4 is 16.0 Å². The molecule has 0 aromatic heterocycles.